The van der Waals surface area contributed by atoms with Crippen LogP contribution in [0.15, 0.2) is 35.3 Å². The summed E-state index contributed by atoms with van der Waals surface area (Å²) >= 11 is 8.34. The maximum absolute atomic E-state index is 13.3. The highest BCUT2D eigenvalue weighted by atomic mass is 127. The van der Waals surface area contributed by atoms with E-state index in [4.69, 9.17) is 11.6 Å². The third-order valence-electron chi connectivity index (χ3n) is 4.81. The molecule has 0 aliphatic carbocycles. The molecule has 4 rings (SSSR count). The van der Waals surface area contributed by atoms with Crippen LogP contribution in [0.25, 0.3) is 0 Å². The van der Waals surface area contributed by atoms with Crippen LogP contribution in [0, 0.1) is 0 Å². The number of nitrogens with zero attached hydrogens (tertiary/aromatic N) is 6. The minimum Gasteiger partial charge on any atom is -0.362 e. The fourth-order valence-electron chi connectivity index (χ4n) is 3.36. The summed E-state index contributed by atoms with van der Waals surface area (Å²) in [5, 5.41) is 12.7. The molecule has 0 amide bonds. The molecule has 1 aromatic carbocycles. The van der Waals surface area contributed by atoms with Crippen molar-refractivity contribution in [3.63, 3.8) is 0 Å². The average Bonchev–Trinajstić information content (AvgIpc) is 3.12. The molecule has 2 aromatic heterocycles. The lowest BCUT2D eigenvalue weighted by molar-refractivity contribution is 0.150. The van der Waals surface area contributed by atoms with Crippen molar-refractivity contribution in [2.75, 3.05) is 11.4 Å². The predicted molar refractivity (Wildman–Crippen MR) is 117 cm³/mol. The second-order valence-corrected chi connectivity index (χ2v) is 8.87. The molecule has 0 saturated carbocycles. The van der Waals surface area contributed by atoms with Crippen LogP contribution in [0.4, 0.5) is 14.5 Å². The molecule has 1 aliphatic heterocycles. The van der Waals surface area contributed by atoms with Gasteiger partial charge in [0.2, 0.25) is 0 Å². The second kappa shape index (κ2) is 8.61. The molecular weight excluding hydrogens is 536 g/mol. The second-order valence-electron chi connectivity index (χ2n) is 6.46. The first kappa shape index (κ1) is 20.6. The number of fused-ring (bicyclic) bond motifs is 1. The Kier molecular flexibility index (Phi) is 6.12. The SMILES string of the molecule is O=c1c(Cl)c(N2CCc3c(nnn3Cc3ccccc3C(F)F)C2)cnn1PI. The molecule has 7 nitrogen and oxygen atoms in total. The standard InChI is InChI=1S/C17H15ClF2IN6OP/c18-15-14(7-22-27(29-21)17(15)28)25-6-5-13-12(9-25)23-24-26(13)8-10-3-1-2-4-11(10)16(19)20/h1-4,7,16,29H,5-6,8-9H2. The van der Waals surface area contributed by atoms with Crippen molar-refractivity contribution < 1.29 is 8.78 Å². The van der Waals surface area contributed by atoms with Crippen molar-refractivity contribution >= 4 is 45.7 Å². The van der Waals surface area contributed by atoms with Gasteiger partial charge in [0.1, 0.15) is 10.7 Å². The summed E-state index contributed by atoms with van der Waals surface area (Å²) in [6.07, 6.45) is -0.181. The molecule has 1 unspecified atom stereocenters. The van der Waals surface area contributed by atoms with E-state index in [2.05, 4.69) is 37.5 Å². The van der Waals surface area contributed by atoms with Gasteiger partial charge in [0, 0.05) is 18.5 Å². The van der Waals surface area contributed by atoms with Gasteiger partial charge in [0.05, 0.1) is 37.0 Å². The van der Waals surface area contributed by atoms with Gasteiger partial charge in [0.25, 0.3) is 12.0 Å². The summed E-state index contributed by atoms with van der Waals surface area (Å²) in [7, 11) is 0. The van der Waals surface area contributed by atoms with Crippen LogP contribution in [0.3, 0.4) is 0 Å². The third kappa shape index (κ3) is 4.02. The molecule has 0 spiro atoms. The van der Waals surface area contributed by atoms with Crippen LogP contribution in [0.1, 0.15) is 28.9 Å². The van der Waals surface area contributed by atoms with E-state index in [0.29, 0.717) is 30.8 Å². The van der Waals surface area contributed by atoms with Crippen molar-refractivity contribution in [3.8, 4) is 0 Å². The van der Waals surface area contributed by atoms with Crippen molar-refractivity contribution in [3.05, 3.63) is 68.4 Å². The minimum atomic E-state index is -2.54. The molecule has 0 fully saturated rings. The minimum absolute atomic E-state index is 0.00331. The van der Waals surface area contributed by atoms with Crippen LogP contribution in [-0.4, -0.2) is 31.1 Å². The average molecular weight is 551 g/mol. The highest BCUT2D eigenvalue weighted by molar-refractivity contribution is 14.2. The summed E-state index contributed by atoms with van der Waals surface area (Å²) in [6, 6.07) is 6.45. The van der Waals surface area contributed by atoms with E-state index in [1.54, 1.807) is 29.1 Å². The lowest BCUT2D eigenvalue weighted by Gasteiger charge is -2.28. The maximum atomic E-state index is 13.3. The van der Waals surface area contributed by atoms with Gasteiger partial charge in [-0.2, -0.15) is 5.10 Å². The Morgan fingerprint density at radius 3 is 2.86 bits per heavy atom. The predicted octanol–water partition coefficient (Wildman–Crippen LogP) is 3.83. The molecular formula is C17H15ClF2IN6OP. The van der Waals surface area contributed by atoms with Crippen molar-refractivity contribution in [2.24, 2.45) is 0 Å². The smallest absolute Gasteiger partial charge is 0.291 e. The summed E-state index contributed by atoms with van der Waals surface area (Å²) < 4.78 is 29.5. The Hall–Kier alpha value is -1.65. The Labute approximate surface area is 184 Å². The quantitative estimate of drug-likeness (QED) is 0.357. The summed E-state index contributed by atoms with van der Waals surface area (Å²) in [5.74, 6) is 0. The number of aromatic nitrogens is 5. The number of hydrogen-bond acceptors (Lipinski definition) is 5. The number of alkyl halides is 2. The fraction of sp³-hybridized carbons (Fsp3) is 0.294. The normalized spacial score (nSPS) is 14.2. The number of benzene rings is 1. The van der Waals surface area contributed by atoms with Crippen LogP contribution in [0.5, 0.6) is 0 Å². The Balaban J connectivity index is 1.59. The Morgan fingerprint density at radius 2 is 2.10 bits per heavy atom. The maximum Gasteiger partial charge on any atom is 0.291 e. The van der Waals surface area contributed by atoms with Crippen LogP contribution >= 0.6 is 40.0 Å². The summed E-state index contributed by atoms with van der Waals surface area (Å²) in [5.41, 5.74) is 2.40. The van der Waals surface area contributed by atoms with E-state index < -0.39 is 6.43 Å². The Bertz CT molecular complexity index is 1110. The monoisotopic (exact) mass is 550 g/mol. The molecule has 3 heterocycles. The fourth-order valence-corrected chi connectivity index (χ4v) is 5.00. The van der Waals surface area contributed by atoms with Gasteiger partial charge >= 0.3 is 0 Å². The van der Waals surface area contributed by atoms with E-state index in [-0.39, 0.29) is 29.1 Å². The van der Waals surface area contributed by atoms with Crippen LogP contribution in [-0.2, 0) is 19.5 Å². The number of halogens is 4. The number of hydrogen-bond donors (Lipinski definition) is 0. The van der Waals surface area contributed by atoms with Crippen molar-refractivity contribution in [1.29, 1.82) is 0 Å². The topological polar surface area (TPSA) is 68.8 Å². The number of anilines is 1. The van der Waals surface area contributed by atoms with E-state index in [9.17, 15) is 13.6 Å². The van der Waals surface area contributed by atoms with Gasteiger partial charge in [-0.1, -0.05) is 41.1 Å². The molecule has 1 atom stereocenters. The first-order chi connectivity index (χ1) is 14.0. The molecule has 29 heavy (non-hydrogen) atoms. The van der Waals surface area contributed by atoms with Crippen molar-refractivity contribution in [2.45, 2.75) is 25.9 Å². The molecule has 0 radical (unpaired) electrons. The highest BCUT2D eigenvalue weighted by Gasteiger charge is 2.25. The lowest BCUT2D eigenvalue weighted by atomic mass is 10.1. The summed E-state index contributed by atoms with van der Waals surface area (Å²) in [4.78, 5) is 14.2. The van der Waals surface area contributed by atoms with Gasteiger partial charge in [-0.15, -0.1) is 5.10 Å². The zero-order valence-corrected chi connectivity index (χ0v) is 18.8. The largest absolute Gasteiger partial charge is 0.362 e. The molecule has 152 valence electrons. The highest BCUT2D eigenvalue weighted by Crippen LogP contribution is 2.29. The van der Waals surface area contributed by atoms with Gasteiger partial charge in [0.15, 0.2) is 0 Å². The molecule has 1 aliphatic rings. The summed E-state index contributed by atoms with van der Waals surface area (Å²) in [6.45, 7) is 1.25. The molecule has 12 heteroatoms. The zero-order chi connectivity index (χ0) is 20.5. The Morgan fingerprint density at radius 1 is 1.31 bits per heavy atom. The van der Waals surface area contributed by atoms with E-state index >= 15 is 0 Å². The van der Waals surface area contributed by atoms with Gasteiger partial charge in [-0.25, -0.2) is 17.9 Å². The molecule has 0 bridgehead atoms. The van der Waals surface area contributed by atoms with E-state index in [1.165, 1.54) is 10.5 Å². The van der Waals surface area contributed by atoms with Crippen LogP contribution < -0.4 is 10.5 Å². The molecule has 0 N–H and O–H groups in total. The zero-order valence-electron chi connectivity index (χ0n) is 14.9. The first-order valence-electron chi connectivity index (χ1n) is 8.66. The van der Waals surface area contributed by atoms with Crippen molar-refractivity contribution in [1.82, 2.24) is 24.5 Å². The molecule has 0 saturated heterocycles. The number of rotatable bonds is 5. The lowest BCUT2D eigenvalue weighted by Crippen LogP contribution is -2.33. The van der Waals surface area contributed by atoms with E-state index in [1.807, 2.05) is 4.90 Å². The van der Waals surface area contributed by atoms with Crippen LogP contribution in [0.2, 0.25) is 5.02 Å². The third-order valence-corrected chi connectivity index (χ3v) is 7.01. The molecule has 3 aromatic rings. The van der Waals surface area contributed by atoms with Gasteiger partial charge in [-0.3, -0.25) is 4.79 Å². The van der Waals surface area contributed by atoms with E-state index in [0.717, 1.165) is 11.4 Å². The van der Waals surface area contributed by atoms with Gasteiger partial charge < -0.3 is 4.90 Å². The van der Waals surface area contributed by atoms with Gasteiger partial charge in [-0.05, 0) is 27.6 Å². The first-order valence-corrected chi connectivity index (χ1v) is 13.1.